The Labute approximate surface area is 115 Å². The number of anilines is 1. The lowest BCUT2D eigenvalue weighted by Gasteiger charge is -2.34. The molecule has 2 rings (SSSR count). The molecule has 0 saturated carbocycles. The zero-order valence-corrected chi connectivity index (χ0v) is 12.1. The van der Waals surface area contributed by atoms with E-state index >= 15 is 0 Å². The van der Waals surface area contributed by atoms with E-state index in [1.54, 1.807) is 6.07 Å². The molecule has 106 valence electrons. The average Bonchev–Trinajstić information content (AvgIpc) is 2.40. The molecular formula is C15H24FN3. The van der Waals surface area contributed by atoms with Crippen LogP contribution in [0.3, 0.4) is 0 Å². The van der Waals surface area contributed by atoms with Crippen molar-refractivity contribution < 1.29 is 4.39 Å². The van der Waals surface area contributed by atoms with E-state index in [-0.39, 0.29) is 5.82 Å². The van der Waals surface area contributed by atoms with Gasteiger partial charge in [-0.25, -0.2) is 4.39 Å². The number of rotatable bonds is 4. The first kappa shape index (κ1) is 14.3. The molecule has 1 N–H and O–H groups in total. The minimum absolute atomic E-state index is 0.131. The van der Waals surface area contributed by atoms with Crippen molar-refractivity contribution in [1.82, 2.24) is 10.2 Å². The molecule has 1 fully saturated rings. The Balaban J connectivity index is 1.89. The van der Waals surface area contributed by atoms with Crippen molar-refractivity contribution in [3.63, 3.8) is 0 Å². The van der Waals surface area contributed by atoms with Gasteiger partial charge in [-0.2, -0.15) is 0 Å². The normalized spacial score (nSPS) is 20.5. The number of benzene rings is 1. The lowest BCUT2D eigenvalue weighted by Crippen LogP contribution is -2.50. The molecule has 1 heterocycles. The highest BCUT2D eigenvalue weighted by molar-refractivity contribution is 5.48. The fourth-order valence-corrected chi connectivity index (χ4v) is 2.52. The fourth-order valence-electron chi connectivity index (χ4n) is 2.52. The molecule has 1 aromatic rings. The van der Waals surface area contributed by atoms with Crippen LogP contribution in [0.1, 0.15) is 12.0 Å². The van der Waals surface area contributed by atoms with Crippen LogP contribution >= 0.6 is 0 Å². The van der Waals surface area contributed by atoms with Gasteiger partial charge in [0.25, 0.3) is 0 Å². The smallest absolute Gasteiger partial charge is 0.126 e. The first-order valence-electron chi connectivity index (χ1n) is 6.96. The van der Waals surface area contributed by atoms with E-state index in [0.29, 0.717) is 11.6 Å². The van der Waals surface area contributed by atoms with Crippen molar-refractivity contribution in [3.05, 3.63) is 29.6 Å². The number of likely N-dealkylation sites (N-methyl/N-ethyl adjacent to an activating group) is 1. The Kier molecular flexibility index (Phi) is 4.77. The first-order chi connectivity index (χ1) is 9.08. The second-order valence-corrected chi connectivity index (χ2v) is 5.48. The van der Waals surface area contributed by atoms with Gasteiger partial charge in [0.05, 0.1) is 0 Å². The molecule has 1 atom stereocenters. The second kappa shape index (κ2) is 6.35. The number of hydrogen-bond acceptors (Lipinski definition) is 3. The van der Waals surface area contributed by atoms with E-state index in [0.717, 1.165) is 38.3 Å². The van der Waals surface area contributed by atoms with Gasteiger partial charge in [-0.15, -0.1) is 0 Å². The molecule has 1 saturated heterocycles. The molecule has 0 radical (unpaired) electrons. The maximum atomic E-state index is 13.3. The minimum atomic E-state index is -0.131. The molecule has 0 aromatic heterocycles. The number of nitrogens with zero attached hydrogens (tertiary/aromatic N) is 2. The van der Waals surface area contributed by atoms with Gasteiger partial charge in [0.15, 0.2) is 0 Å². The summed E-state index contributed by atoms with van der Waals surface area (Å²) in [5.41, 5.74) is 1.80. The number of hydrogen-bond donors (Lipinski definition) is 1. The van der Waals surface area contributed by atoms with E-state index in [2.05, 4.69) is 29.2 Å². The van der Waals surface area contributed by atoms with Gasteiger partial charge < -0.3 is 15.1 Å². The van der Waals surface area contributed by atoms with Crippen molar-refractivity contribution in [1.29, 1.82) is 0 Å². The summed E-state index contributed by atoms with van der Waals surface area (Å²) in [5, 5.41) is 3.44. The number of nitrogens with one attached hydrogen (secondary N) is 1. The van der Waals surface area contributed by atoms with E-state index in [4.69, 9.17) is 0 Å². The van der Waals surface area contributed by atoms with Gasteiger partial charge in [-0.05, 0) is 44.2 Å². The molecule has 0 aliphatic carbocycles. The van der Waals surface area contributed by atoms with Crippen LogP contribution in [0.25, 0.3) is 0 Å². The maximum Gasteiger partial charge on any atom is 0.126 e. The third-order valence-electron chi connectivity index (χ3n) is 4.02. The van der Waals surface area contributed by atoms with Crippen molar-refractivity contribution in [2.45, 2.75) is 19.4 Å². The summed E-state index contributed by atoms with van der Waals surface area (Å²) in [6, 6.07) is 5.91. The molecule has 19 heavy (non-hydrogen) atoms. The highest BCUT2D eigenvalue weighted by atomic mass is 19.1. The molecule has 4 heteroatoms. The standard InChI is InChI=1S/C15H24FN3/c1-12-10-13(4-5-15(12)16)18(2)8-6-14-11-17-7-9-19(14)3/h4-5,10,14,17H,6-9,11H2,1-3H3. The SMILES string of the molecule is Cc1cc(N(C)CCC2CNCCN2C)ccc1F. The van der Waals surface area contributed by atoms with Crippen molar-refractivity contribution in [3.8, 4) is 0 Å². The Morgan fingerprint density at radius 1 is 1.47 bits per heavy atom. The van der Waals surface area contributed by atoms with E-state index < -0.39 is 0 Å². The van der Waals surface area contributed by atoms with Crippen LogP contribution < -0.4 is 10.2 Å². The molecule has 0 bridgehead atoms. The molecule has 1 aliphatic rings. The molecule has 3 nitrogen and oxygen atoms in total. The largest absolute Gasteiger partial charge is 0.375 e. The second-order valence-electron chi connectivity index (χ2n) is 5.48. The van der Waals surface area contributed by atoms with Crippen molar-refractivity contribution in [2.75, 3.05) is 45.2 Å². The van der Waals surface area contributed by atoms with Gasteiger partial charge >= 0.3 is 0 Å². The van der Waals surface area contributed by atoms with Crippen molar-refractivity contribution >= 4 is 5.69 Å². The third kappa shape index (κ3) is 3.67. The maximum absolute atomic E-state index is 13.3. The fraction of sp³-hybridized carbons (Fsp3) is 0.600. The number of piperazine rings is 1. The van der Waals surface area contributed by atoms with Crippen LogP contribution in [0, 0.1) is 12.7 Å². The molecule has 1 unspecified atom stereocenters. The predicted octanol–water partition coefficient (Wildman–Crippen LogP) is 1.86. The molecule has 1 aliphatic heterocycles. The first-order valence-corrected chi connectivity index (χ1v) is 6.96. The Morgan fingerprint density at radius 3 is 2.95 bits per heavy atom. The molecule has 1 aromatic carbocycles. The Hall–Kier alpha value is -1.13. The lowest BCUT2D eigenvalue weighted by atomic mass is 10.1. The van der Waals surface area contributed by atoms with Crippen LogP contribution in [-0.2, 0) is 0 Å². The topological polar surface area (TPSA) is 18.5 Å². The summed E-state index contributed by atoms with van der Waals surface area (Å²) in [4.78, 5) is 4.62. The van der Waals surface area contributed by atoms with E-state index in [9.17, 15) is 4.39 Å². The quantitative estimate of drug-likeness (QED) is 0.896. The number of aryl methyl sites for hydroxylation is 1. The van der Waals surface area contributed by atoms with Crippen LogP contribution in [0.15, 0.2) is 18.2 Å². The predicted molar refractivity (Wildman–Crippen MR) is 78.3 cm³/mol. The summed E-state index contributed by atoms with van der Waals surface area (Å²) in [6.45, 7) is 6.06. The summed E-state index contributed by atoms with van der Waals surface area (Å²) in [7, 11) is 4.26. The monoisotopic (exact) mass is 265 g/mol. The van der Waals surface area contributed by atoms with Gasteiger partial charge in [0.2, 0.25) is 0 Å². The van der Waals surface area contributed by atoms with Gasteiger partial charge in [-0.1, -0.05) is 0 Å². The Morgan fingerprint density at radius 2 is 2.26 bits per heavy atom. The van der Waals surface area contributed by atoms with Gasteiger partial charge in [-0.3, -0.25) is 0 Å². The van der Waals surface area contributed by atoms with Crippen LogP contribution in [-0.4, -0.2) is 51.2 Å². The number of halogens is 1. The highest BCUT2D eigenvalue weighted by Gasteiger charge is 2.18. The average molecular weight is 265 g/mol. The molecule has 0 spiro atoms. The Bertz CT molecular complexity index is 422. The zero-order valence-electron chi connectivity index (χ0n) is 12.1. The van der Waals surface area contributed by atoms with Crippen molar-refractivity contribution in [2.24, 2.45) is 0 Å². The van der Waals surface area contributed by atoms with Crippen LogP contribution in [0.4, 0.5) is 10.1 Å². The summed E-state index contributed by atoms with van der Waals surface area (Å²) < 4.78 is 13.3. The van der Waals surface area contributed by atoms with Crippen LogP contribution in [0.2, 0.25) is 0 Å². The van der Waals surface area contributed by atoms with Crippen LogP contribution in [0.5, 0.6) is 0 Å². The van der Waals surface area contributed by atoms with E-state index in [1.807, 2.05) is 19.1 Å². The van der Waals surface area contributed by atoms with Gasteiger partial charge in [0.1, 0.15) is 5.82 Å². The van der Waals surface area contributed by atoms with Gasteiger partial charge in [0, 0.05) is 45.0 Å². The molecule has 0 amide bonds. The highest BCUT2D eigenvalue weighted by Crippen LogP contribution is 2.18. The zero-order chi connectivity index (χ0) is 13.8. The molecular weight excluding hydrogens is 241 g/mol. The lowest BCUT2D eigenvalue weighted by molar-refractivity contribution is 0.192. The summed E-state index contributed by atoms with van der Waals surface area (Å²) >= 11 is 0. The summed E-state index contributed by atoms with van der Waals surface area (Å²) in [6.07, 6.45) is 1.12. The minimum Gasteiger partial charge on any atom is -0.375 e. The third-order valence-corrected chi connectivity index (χ3v) is 4.02. The van der Waals surface area contributed by atoms with E-state index in [1.165, 1.54) is 0 Å². The summed E-state index contributed by atoms with van der Waals surface area (Å²) in [5.74, 6) is -0.131.